The molecule has 0 aliphatic rings. The Hall–Kier alpha value is -1.90. The van der Waals surface area contributed by atoms with E-state index in [-0.39, 0.29) is 10.5 Å². The number of hydrogen-bond donors (Lipinski definition) is 1. The SMILES string of the molecule is CCn1c(=O)oc2cc(S(=O)(=O)N[C@@H](C)c3ccc(Br)cc3)ccc21. The van der Waals surface area contributed by atoms with Crippen molar-refractivity contribution in [1.29, 1.82) is 0 Å². The van der Waals surface area contributed by atoms with Crippen LogP contribution in [0.3, 0.4) is 0 Å². The van der Waals surface area contributed by atoms with Gasteiger partial charge in [-0.2, -0.15) is 0 Å². The summed E-state index contributed by atoms with van der Waals surface area (Å²) in [4.78, 5) is 11.8. The lowest BCUT2D eigenvalue weighted by Gasteiger charge is -2.15. The van der Waals surface area contributed by atoms with Crippen LogP contribution in [0.2, 0.25) is 0 Å². The van der Waals surface area contributed by atoms with Crippen molar-refractivity contribution < 1.29 is 12.8 Å². The van der Waals surface area contributed by atoms with Crippen LogP contribution >= 0.6 is 15.9 Å². The minimum atomic E-state index is -3.75. The molecule has 0 aliphatic carbocycles. The van der Waals surface area contributed by atoms with Gasteiger partial charge in [-0.15, -0.1) is 0 Å². The third kappa shape index (κ3) is 3.56. The van der Waals surface area contributed by atoms with Crippen molar-refractivity contribution in [3.05, 3.63) is 63.1 Å². The fourth-order valence-electron chi connectivity index (χ4n) is 2.63. The van der Waals surface area contributed by atoms with E-state index in [0.717, 1.165) is 10.0 Å². The Morgan fingerprint density at radius 1 is 1.20 bits per heavy atom. The van der Waals surface area contributed by atoms with Crippen molar-refractivity contribution >= 4 is 37.1 Å². The van der Waals surface area contributed by atoms with Gasteiger partial charge in [0, 0.05) is 23.1 Å². The number of halogens is 1. The molecule has 0 aliphatic heterocycles. The first-order valence-corrected chi connectivity index (χ1v) is 10.0. The molecular formula is C17H17BrN2O4S. The Kier molecular flexibility index (Phi) is 4.86. The molecule has 0 saturated carbocycles. The van der Waals surface area contributed by atoms with Gasteiger partial charge in [0.25, 0.3) is 0 Å². The lowest BCUT2D eigenvalue weighted by Crippen LogP contribution is -2.26. The van der Waals surface area contributed by atoms with E-state index >= 15 is 0 Å². The van der Waals surface area contributed by atoms with Crippen LogP contribution in [0, 0.1) is 0 Å². The van der Waals surface area contributed by atoms with E-state index in [2.05, 4.69) is 20.7 Å². The van der Waals surface area contributed by atoms with Crippen LogP contribution < -0.4 is 10.5 Å². The normalized spacial score (nSPS) is 13.2. The maximum absolute atomic E-state index is 12.6. The van der Waals surface area contributed by atoms with Gasteiger partial charge in [0.15, 0.2) is 5.58 Å². The maximum Gasteiger partial charge on any atom is 0.419 e. The first-order chi connectivity index (χ1) is 11.8. The topological polar surface area (TPSA) is 81.3 Å². The minimum Gasteiger partial charge on any atom is -0.408 e. The van der Waals surface area contributed by atoms with E-state index in [4.69, 9.17) is 4.42 Å². The molecule has 1 atom stereocenters. The second-order valence-electron chi connectivity index (χ2n) is 5.64. The van der Waals surface area contributed by atoms with Crippen molar-refractivity contribution in [3.63, 3.8) is 0 Å². The number of aryl methyl sites for hydroxylation is 1. The third-order valence-electron chi connectivity index (χ3n) is 3.97. The Bertz CT molecular complexity index is 1070. The molecule has 2 aromatic carbocycles. The van der Waals surface area contributed by atoms with E-state index in [9.17, 15) is 13.2 Å². The highest BCUT2D eigenvalue weighted by molar-refractivity contribution is 9.10. The lowest BCUT2D eigenvalue weighted by atomic mass is 10.1. The highest BCUT2D eigenvalue weighted by Crippen LogP contribution is 2.22. The van der Waals surface area contributed by atoms with Crippen LogP contribution in [0.5, 0.6) is 0 Å². The molecule has 0 unspecified atom stereocenters. The molecule has 0 spiro atoms. The van der Waals surface area contributed by atoms with E-state index in [0.29, 0.717) is 12.1 Å². The summed E-state index contributed by atoms with van der Waals surface area (Å²) in [5.41, 5.74) is 1.68. The largest absolute Gasteiger partial charge is 0.419 e. The van der Waals surface area contributed by atoms with Gasteiger partial charge >= 0.3 is 5.76 Å². The molecule has 6 nitrogen and oxygen atoms in total. The molecule has 0 bridgehead atoms. The van der Waals surface area contributed by atoms with Crippen molar-refractivity contribution in [2.24, 2.45) is 0 Å². The average molecular weight is 425 g/mol. The highest BCUT2D eigenvalue weighted by Gasteiger charge is 2.20. The zero-order valence-electron chi connectivity index (χ0n) is 13.7. The molecule has 0 fully saturated rings. The molecule has 3 rings (SSSR count). The summed E-state index contributed by atoms with van der Waals surface area (Å²) < 4.78 is 35.4. The number of benzene rings is 2. The monoisotopic (exact) mass is 424 g/mol. The Balaban J connectivity index is 1.92. The lowest BCUT2D eigenvalue weighted by molar-refractivity contribution is 0.512. The van der Waals surface area contributed by atoms with E-state index in [1.807, 2.05) is 31.2 Å². The predicted molar refractivity (Wildman–Crippen MR) is 99.0 cm³/mol. The highest BCUT2D eigenvalue weighted by atomic mass is 79.9. The van der Waals surface area contributed by atoms with Gasteiger partial charge in [-0.05, 0) is 43.7 Å². The minimum absolute atomic E-state index is 0.0564. The van der Waals surface area contributed by atoms with Gasteiger partial charge in [-0.1, -0.05) is 28.1 Å². The number of rotatable bonds is 5. The Morgan fingerprint density at radius 2 is 1.88 bits per heavy atom. The summed E-state index contributed by atoms with van der Waals surface area (Å²) in [6.45, 7) is 4.05. The van der Waals surface area contributed by atoms with Gasteiger partial charge in [0.05, 0.1) is 10.4 Å². The van der Waals surface area contributed by atoms with E-state index in [1.165, 1.54) is 16.7 Å². The number of nitrogens with zero attached hydrogens (tertiary/aromatic N) is 1. The first-order valence-electron chi connectivity index (χ1n) is 7.73. The predicted octanol–water partition coefficient (Wildman–Crippen LogP) is 3.42. The van der Waals surface area contributed by atoms with Crippen molar-refractivity contribution in [1.82, 2.24) is 9.29 Å². The van der Waals surface area contributed by atoms with E-state index in [1.54, 1.807) is 13.0 Å². The van der Waals surface area contributed by atoms with Crippen LogP contribution in [0.15, 0.2) is 61.0 Å². The summed E-state index contributed by atoms with van der Waals surface area (Å²) in [5.74, 6) is -0.497. The molecule has 0 saturated heterocycles. The fourth-order valence-corrected chi connectivity index (χ4v) is 4.14. The van der Waals surface area contributed by atoms with Gasteiger partial charge in [0.1, 0.15) is 0 Å². The molecule has 1 aromatic heterocycles. The number of fused-ring (bicyclic) bond motifs is 1. The maximum atomic E-state index is 12.6. The quantitative estimate of drug-likeness (QED) is 0.679. The average Bonchev–Trinajstić information content (AvgIpc) is 2.89. The molecule has 0 radical (unpaired) electrons. The second kappa shape index (κ2) is 6.78. The molecule has 1 N–H and O–H groups in total. The van der Waals surface area contributed by atoms with Crippen LogP contribution in [0.4, 0.5) is 0 Å². The Morgan fingerprint density at radius 3 is 2.52 bits per heavy atom. The summed E-state index contributed by atoms with van der Waals surface area (Å²) in [5, 5.41) is 0. The second-order valence-corrected chi connectivity index (χ2v) is 8.27. The molecule has 25 heavy (non-hydrogen) atoms. The van der Waals surface area contributed by atoms with Crippen LogP contribution in [-0.2, 0) is 16.6 Å². The van der Waals surface area contributed by atoms with Gasteiger partial charge < -0.3 is 4.42 Å². The fraction of sp³-hybridized carbons (Fsp3) is 0.235. The number of sulfonamides is 1. The smallest absolute Gasteiger partial charge is 0.408 e. The standard InChI is InChI=1S/C17H17BrN2O4S/c1-3-20-15-9-8-14(10-16(15)24-17(20)21)25(22,23)19-11(2)12-4-6-13(18)7-5-12/h4-11,19H,3H2,1-2H3/t11-/m0/s1. The molecule has 3 aromatic rings. The van der Waals surface area contributed by atoms with Crippen molar-refractivity contribution in [2.75, 3.05) is 0 Å². The third-order valence-corrected chi connectivity index (χ3v) is 6.04. The summed E-state index contributed by atoms with van der Waals surface area (Å²) in [7, 11) is -3.75. The van der Waals surface area contributed by atoms with Gasteiger partial charge in [-0.3, -0.25) is 4.57 Å². The first kappa shape index (κ1) is 17.9. The van der Waals surface area contributed by atoms with Crippen LogP contribution in [0.25, 0.3) is 11.1 Å². The summed E-state index contributed by atoms with van der Waals surface area (Å²) in [6.07, 6.45) is 0. The zero-order valence-corrected chi connectivity index (χ0v) is 16.1. The number of aromatic nitrogens is 1. The molecule has 8 heteroatoms. The van der Waals surface area contributed by atoms with Crippen molar-refractivity contribution in [3.8, 4) is 0 Å². The van der Waals surface area contributed by atoms with Gasteiger partial charge in [0.2, 0.25) is 10.0 Å². The summed E-state index contributed by atoms with van der Waals surface area (Å²) in [6, 6.07) is 11.4. The molecule has 0 amide bonds. The summed E-state index contributed by atoms with van der Waals surface area (Å²) >= 11 is 3.35. The van der Waals surface area contributed by atoms with Crippen LogP contribution in [-0.4, -0.2) is 13.0 Å². The molecule has 132 valence electrons. The van der Waals surface area contributed by atoms with Crippen molar-refractivity contribution in [2.45, 2.75) is 31.3 Å². The Labute approximate surface area is 153 Å². The number of hydrogen-bond acceptors (Lipinski definition) is 4. The van der Waals surface area contributed by atoms with Crippen LogP contribution in [0.1, 0.15) is 25.5 Å². The van der Waals surface area contributed by atoms with Gasteiger partial charge in [-0.25, -0.2) is 17.9 Å². The molecular weight excluding hydrogens is 408 g/mol. The molecule has 1 heterocycles. The van der Waals surface area contributed by atoms with E-state index < -0.39 is 21.8 Å². The number of oxazole rings is 1. The number of nitrogens with one attached hydrogen (secondary N) is 1. The zero-order chi connectivity index (χ0) is 18.2.